The standard InChI is InChI=1S/C22H21Cl2F3N4O3/c1-31(2)11-13-6-12(4-5-17(13)19(32)29-20(28)33-3)18-10-21(34-30-18,22(25,26)27)14-7-15(23)9-16(24)8-14/h4-9H,10-11H2,1-3H3,(H2,28,29,32). The van der Waals surface area contributed by atoms with Gasteiger partial charge in [0.25, 0.3) is 17.5 Å². The zero-order chi connectivity index (χ0) is 25.3. The first-order valence-electron chi connectivity index (χ1n) is 9.86. The zero-order valence-corrected chi connectivity index (χ0v) is 19.9. The van der Waals surface area contributed by atoms with Crippen molar-refractivity contribution in [2.45, 2.75) is 24.7 Å². The number of methoxy groups -OCH3 is 1. The van der Waals surface area contributed by atoms with E-state index in [9.17, 15) is 18.0 Å². The number of carbonyl (C=O) groups is 1. The molecule has 1 aliphatic heterocycles. The van der Waals surface area contributed by atoms with Crippen molar-refractivity contribution in [3.63, 3.8) is 0 Å². The quantitative estimate of drug-likeness (QED) is 0.434. The van der Waals surface area contributed by atoms with Crippen LogP contribution in [0.2, 0.25) is 10.0 Å². The predicted molar refractivity (Wildman–Crippen MR) is 122 cm³/mol. The second kappa shape index (κ2) is 9.81. The lowest BCUT2D eigenvalue weighted by molar-refractivity contribution is -0.275. The van der Waals surface area contributed by atoms with Crippen LogP contribution in [-0.2, 0) is 21.7 Å². The number of ether oxygens (including phenoxy) is 1. The highest BCUT2D eigenvalue weighted by Gasteiger charge is 2.62. The first-order chi connectivity index (χ1) is 15.9. The minimum absolute atomic E-state index is 0.0356. The van der Waals surface area contributed by atoms with Crippen LogP contribution in [0.5, 0.6) is 0 Å². The van der Waals surface area contributed by atoms with Crippen LogP contribution in [0.1, 0.15) is 33.5 Å². The van der Waals surface area contributed by atoms with Crippen LogP contribution < -0.4 is 5.32 Å². The monoisotopic (exact) mass is 516 g/mol. The van der Waals surface area contributed by atoms with Gasteiger partial charge in [-0.05, 0) is 55.6 Å². The van der Waals surface area contributed by atoms with Crippen molar-refractivity contribution in [3.8, 4) is 0 Å². The lowest BCUT2D eigenvalue weighted by Gasteiger charge is -2.29. The fraction of sp³-hybridized carbons (Fsp3) is 0.318. The smallest absolute Gasteiger partial charge is 0.435 e. The van der Waals surface area contributed by atoms with Gasteiger partial charge in [-0.3, -0.25) is 15.5 Å². The number of rotatable bonds is 5. The summed E-state index contributed by atoms with van der Waals surface area (Å²) < 4.78 is 47.4. The third kappa shape index (κ3) is 5.29. The maximum atomic E-state index is 14.3. The molecule has 1 aliphatic rings. The Bertz CT molecular complexity index is 1130. The van der Waals surface area contributed by atoms with Gasteiger partial charge in [0.1, 0.15) is 0 Å². The Hall–Kier alpha value is -2.82. The Balaban J connectivity index is 2.00. The molecule has 2 N–H and O–H groups in total. The summed E-state index contributed by atoms with van der Waals surface area (Å²) in [5.74, 6) is -0.585. The first-order valence-corrected chi connectivity index (χ1v) is 10.6. The number of nitrogens with zero attached hydrogens (tertiary/aromatic N) is 2. The normalized spacial score (nSPS) is 17.9. The Morgan fingerprint density at radius 1 is 1.24 bits per heavy atom. The molecule has 1 atom stereocenters. The molecule has 0 bridgehead atoms. The summed E-state index contributed by atoms with van der Waals surface area (Å²) in [4.78, 5) is 19.4. The van der Waals surface area contributed by atoms with E-state index in [-0.39, 0.29) is 26.9 Å². The van der Waals surface area contributed by atoms with E-state index in [0.29, 0.717) is 17.7 Å². The molecule has 7 nitrogen and oxygen atoms in total. The van der Waals surface area contributed by atoms with Crippen LogP contribution in [0.25, 0.3) is 0 Å². The summed E-state index contributed by atoms with van der Waals surface area (Å²) >= 11 is 11.9. The van der Waals surface area contributed by atoms with E-state index in [0.717, 1.165) is 12.1 Å². The molecule has 0 aromatic heterocycles. The van der Waals surface area contributed by atoms with Crippen molar-refractivity contribution in [1.29, 1.82) is 5.41 Å². The van der Waals surface area contributed by atoms with Crippen LogP contribution in [0, 0.1) is 5.41 Å². The predicted octanol–water partition coefficient (Wildman–Crippen LogP) is 4.95. The van der Waals surface area contributed by atoms with E-state index < -0.39 is 30.1 Å². The summed E-state index contributed by atoms with van der Waals surface area (Å²) in [5.41, 5.74) is -1.87. The number of halogens is 5. The molecule has 0 saturated heterocycles. The molecule has 1 unspecified atom stereocenters. The zero-order valence-electron chi connectivity index (χ0n) is 18.4. The number of carbonyl (C=O) groups excluding carboxylic acids is 1. The highest BCUT2D eigenvalue weighted by Crippen LogP contribution is 2.49. The number of nitrogens with one attached hydrogen (secondary N) is 2. The minimum Gasteiger partial charge on any atom is -0.468 e. The number of benzene rings is 2. The van der Waals surface area contributed by atoms with Gasteiger partial charge in [-0.2, -0.15) is 13.2 Å². The molecule has 0 radical (unpaired) electrons. The maximum Gasteiger partial charge on any atom is 0.435 e. The molecule has 34 heavy (non-hydrogen) atoms. The van der Waals surface area contributed by atoms with E-state index in [4.69, 9.17) is 33.4 Å². The lowest BCUT2D eigenvalue weighted by Crippen LogP contribution is -2.42. The topological polar surface area (TPSA) is 87.0 Å². The van der Waals surface area contributed by atoms with Crippen LogP contribution in [-0.4, -0.2) is 49.9 Å². The van der Waals surface area contributed by atoms with Crippen molar-refractivity contribution in [1.82, 2.24) is 10.2 Å². The summed E-state index contributed by atoms with van der Waals surface area (Å²) in [6.45, 7) is 0.305. The SMILES string of the molecule is COC(=N)NC(=O)c1ccc(C2=NOC(c3cc(Cl)cc(Cl)c3)(C(F)(F)F)C2)cc1CN(C)C. The average Bonchev–Trinajstić information content (AvgIpc) is 3.19. The van der Waals surface area contributed by atoms with Gasteiger partial charge in [0.15, 0.2) is 0 Å². The fourth-order valence-electron chi connectivity index (χ4n) is 3.53. The van der Waals surface area contributed by atoms with Crippen molar-refractivity contribution >= 4 is 40.8 Å². The van der Waals surface area contributed by atoms with Gasteiger partial charge in [-0.25, -0.2) is 0 Å². The van der Waals surface area contributed by atoms with Crippen LogP contribution in [0.3, 0.4) is 0 Å². The van der Waals surface area contributed by atoms with Crippen molar-refractivity contribution in [3.05, 3.63) is 68.7 Å². The molecule has 0 spiro atoms. The molecule has 0 saturated carbocycles. The molecule has 1 amide bonds. The van der Waals surface area contributed by atoms with E-state index in [1.165, 1.54) is 25.3 Å². The number of amides is 1. The average molecular weight is 517 g/mol. The number of hydrogen-bond acceptors (Lipinski definition) is 6. The largest absolute Gasteiger partial charge is 0.468 e. The van der Waals surface area contributed by atoms with Crippen LogP contribution >= 0.6 is 23.2 Å². The molecule has 3 rings (SSSR count). The lowest BCUT2D eigenvalue weighted by atomic mass is 9.86. The van der Waals surface area contributed by atoms with E-state index in [2.05, 4.69) is 15.2 Å². The molecule has 1 heterocycles. The molecule has 12 heteroatoms. The summed E-state index contributed by atoms with van der Waals surface area (Å²) in [5, 5.41) is 13.6. The van der Waals surface area contributed by atoms with E-state index in [1.807, 2.05) is 0 Å². The summed E-state index contributed by atoms with van der Waals surface area (Å²) in [6.07, 6.45) is -5.44. The second-order valence-electron chi connectivity index (χ2n) is 7.89. The number of hydrogen-bond donors (Lipinski definition) is 2. The van der Waals surface area contributed by atoms with Gasteiger partial charge in [0.2, 0.25) is 0 Å². The summed E-state index contributed by atoms with van der Waals surface area (Å²) in [6, 6.07) is 7.69. The van der Waals surface area contributed by atoms with Gasteiger partial charge in [-0.1, -0.05) is 34.4 Å². The molecular formula is C22H21Cl2F3N4O3. The number of alkyl halides is 3. The van der Waals surface area contributed by atoms with Gasteiger partial charge in [-0.15, -0.1) is 0 Å². The van der Waals surface area contributed by atoms with Gasteiger partial charge < -0.3 is 14.5 Å². The van der Waals surface area contributed by atoms with Crippen molar-refractivity contribution in [2.24, 2.45) is 5.16 Å². The Kier molecular flexibility index (Phi) is 7.44. The Labute approximate surface area is 203 Å². The highest BCUT2D eigenvalue weighted by molar-refractivity contribution is 6.34. The van der Waals surface area contributed by atoms with Gasteiger partial charge >= 0.3 is 6.18 Å². The molecule has 2 aromatic carbocycles. The number of oxime groups is 1. The molecule has 0 aliphatic carbocycles. The van der Waals surface area contributed by atoms with Crippen molar-refractivity contribution < 1.29 is 27.5 Å². The number of amidine groups is 1. The molecule has 182 valence electrons. The maximum absolute atomic E-state index is 14.3. The molecule has 0 fully saturated rings. The van der Waals surface area contributed by atoms with E-state index >= 15 is 0 Å². The summed E-state index contributed by atoms with van der Waals surface area (Å²) in [7, 11) is 4.79. The van der Waals surface area contributed by atoms with Crippen LogP contribution in [0.4, 0.5) is 13.2 Å². The van der Waals surface area contributed by atoms with Gasteiger partial charge in [0, 0.05) is 34.1 Å². The Morgan fingerprint density at radius 3 is 2.44 bits per heavy atom. The molecular weight excluding hydrogens is 496 g/mol. The third-order valence-corrected chi connectivity index (χ3v) is 5.55. The molecule has 2 aromatic rings. The highest BCUT2D eigenvalue weighted by atomic mass is 35.5. The van der Waals surface area contributed by atoms with Crippen molar-refractivity contribution in [2.75, 3.05) is 21.2 Å². The fourth-order valence-corrected chi connectivity index (χ4v) is 4.06. The first kappa shape index (κ1) is 25.8. The third-order valence-electron chi connectivity index (χ3n) is 5.12. The van der Waals surface area contributed by atoms with Crippen LogP contribution in [0.15, 0.2) is 41.6 Å². The minimum atomic E-state index is -4.82. The Morgan fingerprint density at radius 2 is 1.88 bits per heavy atom. The van der Waals surface area contributed by atoms with E-state index in [1.54, 1.807) is 25.1 Å². The second-order valence-corrected chi connectivity index (χ2v) is 8.76. The van der Waals surface area contributed by atoms with Gasteiger partial charge in [0.05, 0.1) is 12.8 Å².